The molecule has 5 aromatic carbocycles. The predicted molar refractivity (Wildman–Crippen MR) is 236 cm³/mol. The third-order valence-electron chi connectivity index (χ3n) is 11.2. The fourth-order valence-electron chi connectivity index (χ4n) is 8.09. The Morgan fingerprint density at radius 1 is 0.589 bits per heavy atom. The number of nitrogens with two attached hydrogens (primary N) is 2. The van der Waals surface area contributed by atoms with E-state index in [2.05, 4.69) is 52.3 Å². The summed E-state index contributed by atoms with van der Waals surface area (Å²) in [5, 5.41) is 35.3. The maximum Gasteiger partial charge on any atom is 0.488 e. The van der Waals surface area contributed by atoms with E-state index in [1.165, 1.54) is 21.9 Å². The van der Waals surface area contributed by atoms with Gasteiger partial charge in [0.1, 0.15) is 0 Å². The molecule has 0 aliphatic heterocycles. The first-order chi connectivity index (χ1) is 27.3. The van der Waals surface area contributed by atoms with Gasteiger partial charge >= 0.3 is 14.6 Å². The number of Topliss-reactive ketones (excluding diaryl/α,β-unsaturated/α-hetero) is 1. The molecule has 0 bridgehead atoms. The van der Waals surface area contributed by atoms with E-state index in [0.717, 1.165) is 118 Å². The average molecular weight is 757 g/mol. The Kier molecular flexibility index (Phi) is 17.6. The third-order valence-corrected chi connectivity index (χ3v) is 11.2. The molecule has 0 amide bonds. The van der Waals surface area contributed by atoms with Crippen molar-refractivity contribution in [3.63, 3.8) is 0 Å². The molecule has 0 radical (unpaired) electrons. The van der Waals surface area contributed by atoms with Crippen LogP contribution in [0.1, 0.15) is 104 Å². The molecule has 8 nitrogen and oxygen atoms in total. The molecule has 0 unspecified atom stereocenters. The first kappa shape index (κ1) is 43.3. The van der Waals surface area contributed by atoms with E-state index in [1.54, 1.807) is 13.0 Å². The third kappa shape index (κ3) is 12.1. The Morgan fingerprint density at radius 2 is 1.07 bits per heavy atom. The number of fused-ring (bicyclic) bond motifs is 2. The second-order valence-corrected chi connectivity index (χ2v) is 15.4. The van der Waals surface area contributed by atoms with Crippen LogP contribution < -0.4 is 22.4 Å². The molecule has 0 saturated heterocycles. The first-order valence-electron chi connectivity index (χ1n) is 20.8. The molecular weight excluding hydrogens is 694 g/mol. The quantitative estimate of drug-likeness (QED) is 0.0223. The summed E-state index contributed by atoms with van der Waals surface area (Å²) >= 11 is 0. The summed E-state index contributed by atoms with van der Waals surface area (Å²) in [5.74, 6) is 0.0363. The molecule has 5 rings (SSSR count). The second kappa shape index (κ2) is 22.8. The highest BCUT2D eigenvalue weighted by Gasteiger charge is 2.22. The number of ketones is 1. The van der Waals surface area contributed by atoms with Gasteiger partial charge in [0.25, 0.3) is 0 Å². The molecule has 0 aliphatic rings. The van der Waals surface area contributed by atoms with Crippen LogP contribution in [0.4, 0.5) is 0 Å². The molecule has 0 fully saturated rings. The topological polar surface area (TPSA) is 136 Å². The van der Waals surface area contributed by atoms with E-state index in [-0.39, 0.29) is 13.3 Å². The molecule has 0 atom stereocenters. The number of unbranched alkanes of at least 4 members (excludes halogenated alkanes) is 8. The van der Waals surface area contributed by atoms with Crippen molar-refractivity contribution in [1.29, 1.82) is 0 Å². The molecule has 296 valence electrons. The molecule has 0 heterocycles. The Bertz CT molecular complexity index is 1990. The molecular formula is C46H62B2N4O4. The Balaban J connectivity index is 1.58. The number of carbonyl (C=O) groups is 1. The minimum atomic E-state index is -1.55. The summed E-state index contributed by atoms with van der Waals surface area (Å²) in [6.45, 7) is 7.47. The van der Waals surface area contributed by atoms with E-state index < -0.39 is 7.12 Å². The molecule has 0 aromatic heterocycles. The maximum atomic E-state index is 12.9. The lowest BCUT2D eigenvalue weighted by Crippen LogP contribution is -2.36. The summed E-state index contributed by atoms with van der Waals surface area (Å²) in [5.41, 5.74) is 18.1. The Morgan fingerprint density at radius 3 is 1.64 bits per heavy atom. The highest BCUT2D eigenvalue weighted by Crippen LogP contribution is 2.36. The zero-order valence-electron chi connectivity index (χ0n) is 33.5. The van der Waals surface area contributed by atoms with Crippen LogP contribution in [0.25, 0.3) is 21.5 Å². The van der Waals surface area contributed by atoms with Gasteiger partial charge in [-0.15, -0.1) is 0 Å². The van der Waals surface area contributed by atoms with Gasteiger partial charge in [-0.05, 0) is 120 Å². The van der Waals surface area contributed by atoms with Crippen molar-refractivity contribution in [2.45, 2.75) is 97.3 Å². The highest BCUT2D eigenvalue weighted by molar-refractivity contribution is 6.59. The number of nitrogens with zero attached hydrogens (tertiary/aromatic N) is 2. The monoisotopic (exact) mass is 756 g/mol. The molecule has 7 N–H and O–H groups in total. The molecule has 0 aliphatic carbocycles. The average Bonchev–Trinajstić information content (AvgIpc) is 3.21. The number of benzene rings is 5. The van der Waals surface area contributed by atoms with Gasteiger partial charge in [-0.25, -0.2) is 0 Å². The Labute approximate surface area is 335 Å². The van der Waals surface area contributed by atoms with Crippen LogP contribution in [0.15, 0.2) is 91.0 Å². The second-order valence-electron chi connectivity index (χ2n) is 15.4. The lowest BCUT2D eigenvalue weighted by molar-refractivity contribution is 0.101. The van der Waals surface area contributed by atoms with Crippen LogP contribution in [0.2, 0.25) is 0 Å². The van der Waals surface area contributed by atoms with Crippen LogP contribution in [-0.2, 0) is 26.2 Å². The smallest absolute Gasteiger partial charge is 0.449 e. The van der Waals surface area contributed by atoms with Crippen LogP contribution in [0.5, 0.6) is 0 Å². The van der Waals surface area contributed by atoms with Gasteiger partial charge in [0.15, 0.2) is 5.78 Å². The van der Waals surface area contributed by atoms with Gasteiger partial charge < -0.3 is 26.5 Å². The SMILES string of the molecule is CC(=O)c1ccc2c(CN(CCCCCCCN)Cc3ccccc3B(O)O)c3ccccc3c(CN(CCCCCCCN)Cc3ccccc3BO)c2c1. The van der Waals surface area contributed by atoms with Crippen molar-refractivity contribution < 1.29 is 19.9 Å². The zero-order chi connectivity index (χ0) is 39.7. The molecule has 0 spiro atoms. The van der Waals surface area contributed by atoms with E-state index in [4.69, 9.17) is 11.5 Å². The number of hydrogen-bond donors (Lipinski definition) is 5. The molecule has 0 saturated carbocycles. The van der Waals surface area contributed by atoms with Crippen LogP contribution in [0.3, 0.4) is 0 Å². The van der Waals surface area contributed by atoms with Crippen molar-refractivity contribution in [2.75, 3.05) is 26.2 Å². The van der Waals surface area contributed by atoms with Crippen molar-refractivity contribution in [1.82, 2.24) is 9.80 Å². The van der Waals surface area contributed by atoms with Gasteiger partial charge in [-0.2, -0.15) is 0 Å². The van der Waals surface area contributed by atoms with Crippen molar-refractivity contribution in [3.8, 4) is 0 Å². The zero-order valence-corrected chi connectivity index (χ0v) is 33.5. The van der Waals surface area contributed by atoms with E-state index in [0.29, 0.717) is 37.2 Å². The van der Waals surface area contributed by atoms with Crippen molar-refractivity contribution in [2.24, 2.45) is 11.5 Å². The fourth-order valence-corrected chi connectivity index (χ4v) is 8.09. The molecule has 10 heteroatoms. The summed E-state index contributed by atoms with van der Waals surface area (Å²) in [7, 11) is -1.55. The van der Waals surface area contributed by atoms with Gasteiger partial charge in [-0.3, -0.25) is 14.6 Å². The van der Waals surface area contributed by atoms with E-state index >= 15 is 0 Å². The molecule has 5 aromatic rings. The van der Waals surface area contributed by atoms with Gasteiger partial charge in [0.2, 0.25) is 0 Å². The lowest BCUT2D eigenvalue weighted by Gasteiger charge is -2.28. The number of hydrogen-bond acceptors (Lipinski definition) is 8. The molecule has 56 heavy (non-hydrogen) atoms. The summed E-state index contributed by atoms with van der Waals surface area (Å²) < 4.78 is 0. The number of carbonyl (C=O) groups excluding carboxylic acids is 1. The summed E-state index contributed by atoms with van der Waals surface area (Å²) in [4.78, 5) is 17.9. The van der Waals surface area contributed by atoms with Crippen LogP contribution >= 0.6 is 0 Å². The maximum absolute atomic E-state index is 12.9. The first-order valence-corrected chi connectivity index (χ1v) is 20.8. The van der Waals surface area contributed by atoms with Gasteiger partial charge in [0, 0.05) is 31.7 Å². The van der Waals surface area contributed by atoms with Crippen molar-refractivity contribution in [3.05, 3.63) is 119 Å². The summed E-state index contributed by atoms with van der Waals surface area (Å²) in [6, 6.07) is 30.6. The number of rotatable bonds is 25. The minimum Gasteiger partial charge on any atom is -0.449 e. The van der Waals surface area contributed by atoms with Gasteiger partial charge in [-0.1, -0.05) is 123 Å². The summed E-state index contributed by atoms with van der Waals surface area (Å²) in [6.07, 6.45) is 11.0. The Hall–Kier alpha value is -3.86. The minimum absolute atomic E-state index is 0.00241. The van der Waals surface area contributed by atoms with Crippen LogP contribution in [0, 0.1) is 0 Å². The normalized spacial score (nSPS) is 11.6. The predicted octanol–water partition coefficient (Wildman–Crippen LogP) is 5.67. The lowest BCUT2D eigenvalue weighted by atomic mass is 9.77. The van der Waals surface area contributed by atoms with E-state index in [1.807, 2.05) is 42.5 Å². The van der Waals surface area contributed by atoms with E-state index in [9.17, 15) is 19.9 Å². The standard InChI is InChI=1S/C46H62B2N4O4/c1-35(53)36-24-25-41-42(30-36)44(34-51(28-16-6-2-4-14-26-49)31-37-18-8-12-22-45(37)47-54)40-21-11-10-20-39(40)43(41)33-52(29-17-7-3-5-15-27-50)32-38-19-9-13-23-46(38)48(55)56/h8-13,18-25,30,47,54-56H,2-7,14-17,26-29,31-34,49-50H2,1H3. The highest BCUT2D eigenvalue weighted by atomic mass is 16.4. The van der Waals surface area contributed by atoms with Crippen molar-refractivity contribution >= 4 is 52.9 Å². The fraction of sp³-hybridized carbons (Fsp3) is 0.413. The van der Waals surface area contributed by atoms with Crippen LogP contribution in [-0.4, -0.2) is 71.4 Å². The van der Waals surface area contributed by atoms with Gasteiger partial charge in [0.05, 0.1) is 0 Å². The largest absolute Gasteiger partial charge is 0.488 e.